The highest BCUT2D eigenvalue weighted by molar-refractivity contribution is 5.71. The van der Waals surface area contributed by atoms with Crippen LogP contribution in [0, 0.1) is 13.8 Å². The number of aryl methyl sites for hydroxylation is 2. The number of nitrogens with zero attached hydrogens (tertiary/aromatic N) is 4. The molecule has 1 atom stereocenters. The van der Waals surface area contributed by atoms with Crippen LogP contribution < -0.4 is 10.1 Å². The van der Waals surface area contributed by atoms with E-state index in [4.69, 9.17) is 14.6 Å². The molecule has 1 aliphatic rings. The summed E-state index contributed by atoms with van der Waals surface area (Å²) >= 11 is 0. The van der Waals surface area contributed by atoms with Crippen molar-refractivity contribution in [3.63, 3.8) is 0 Å². The smallest absolute Gasteiger partial charge is 0.242 e. The first kappa shape index (κ1) is 21.4. The molecule has 2 aromatic rings. The molecule has 1 aromatic heterocycles. The number of nitrogens with one attached hydrogen (secondary N) is 1. The number of β-amino-alcohol motifs (C(OH)–C–C–N with tert-alkyl or cyclic N) is 1. The Morgan fingerprint density at radius 1 is 1.28 bits per heavy atom. The molecule has 8 nitrogen and oxygen atoms in total. The summed E-state index contributed by atoms with van der Waals surface area (Å²) in [4.78, 5) is 6.73. The molecular weight excluding hydrogens is 370 g/mol. The van der Waals surface area contributed by atoms with E-state index in [-0.39, 0.29) is 19.4 Å². The van der Waals surface area contributed by atoms with Crippen LogP contribution in [-0.2, 0) is 4.74 Å². The number of anilines is 1. The van der Waals surface area contributed by atoms with Crippen molar-refractivity contribution in [2.24, 2.45) is 0 Å². The maximum Gasteiger partial charge on any atom is 0.242 e. The standard InChI is InChI=1S/C21H31N5O3/c1-4-28-14-29-19-11-15(2)10-16(3)20(19)18-12-22-21(25-24-18)23-17-6-5-7-26(13-17)8-9-27/h10-12,17,27H,4-9,13-14H2,1-3H3,(H,22,23,25)/t17-/m1/s1. The summed E-state index contributed by atoms with van der Waals surface area (Å²) in [5, 5.41) is 21.2. The summed E-state index contributed by atoms with van der Waals surface area (Å²) < 4.78 is 11.2. The second kappa shape index (κ2) is 10.5. The molecule has 1 aliphatic heterocycles. The topological polar surface area (TPSA) is 92.6 Å². The van der Waals surface area contributed by atoms with Crippen LogP contribution in [0.2, 0.25) is 0 Å². The van der Waals surface area contributed by atoms with Crippen molar-refractivity contribution < 1.29 is 14.6 Å². The molecule has 158 valence electrons. The van der Waals surface area contributed by atoms with E-state index in [0.29, 0.717) is 24.8 Å². The average Bonchev–Trinajstić information content (AvgIpc) is 2.69. The van der Waals surface area contributed by atoms with Crippen molar-refractivity contribution in [3.8, 4) is 17.0 Å². The number of likely N-dealkylation sites (tertiary alicyclic amines) is 1. The molecule has 1 fully saturated rings. The molecule has 2 N–H and O–H groups in total. The van der Waals surface area contributed by atoms with Gasteiger partial charge < -0.3 is 19.9 Å². The molecule has 0 amide bonds. The molecule has 1 saturated heterocycles. The lowest BCUT2D eigenvalue weighted by Gasteiger charge is -2.32. The molecule has 0 bridgehead atoms. The van der Waals surface area contributed by atoms with Crippen LogP contribution >= 0.6 is 0 Å². The Morgan fingerprint density at radius 3 is 2.86 bits per heavy atom. The Kier molecular flexibility index (Phi) is 7.74. The van der Waals surface area contributed by atoms with Crippen LogP contribution in [0.25, 0.3) is 11.3 Å². The maximum absolute atomic E-state index is 9.15. The van der Waals surface area contributed by atoms with Gasteiger partial charge in [-0.05, 0) is 57.4 Å². The zero-order valence-corrected chi connectivity index (χ0v) is 17.5. The predicted molar refractivity (Wildman–Crippen MR) is 112 cm³/mol. The Morgan fingerprint density at radius 2 is 2.14 bits per heavy atom. The number of hydrogen-bond donors (Lipinski definition) is 2. The minimum absolute atomic E-state index is 0.184. The van der Waals surface area contributed by atoms with Gasteiger partial charge in [0, 0.05) is 31.3 Å². The van der Waals surface area contributed by atoms with Gasteiger partial charge in [0.25, 0.3) is 0 Å². The lowest BCUT2D eigenvalue weighted by molar-refractivity contribution is 0.0227. The number of aliphatic hydroxyl groups is 1. The first-order chi connectivity index (χ1) is 14.1. The first-order valence-electron chi connectivity index (χ1n) is 10.2. The minimum atomic E-state index is 0.184. The summed E-state index contributed by atoms with van der Waals surface area (Å²) in [6.45, 7) is 9.57. The van der Waals surface area contributed by atoms with Gasteiger partial charge in [-0.2, -0.15) is 0 Å². The third kappa shape index (κ3) is 5.85. The second-order valence-corrected chi connectivity index (χ2v) is 7.38. The van der Waals surface area contributed by atoms with Gasteiger partial charge in [0.1, 0.15) is 11.4 Å². The van der Waals surface area contributed by atoms with Crippen LogP contribution in [0.3, 0.4) is 0 Å². The van der Waals surface area contributed by atoms with E-state index in [9.17, 15) is 0 Å². The van der Waals surface area contributed by atoms with Crippen molar-refractivity contribution in [2.75, 3.05) is 45.0 Å². The third-order valence-corrected chi connectivity index (χ3v) is 5.02. The fraction of sp³-hybridized carbons (Fsp3) is 0.571. The van der Waals surface area contributed by atoms with Gasteiger partial charge in [-0.1, -0.05) is 6.07 Å². The Labute approximate surface area is 172 Å². The number of benzene rings is 1. The molecule has 0 radical (unpaired) electrons. The van der Waals surface area contributed by atoms with Gasteiger partial charge in [-0.3, -0.25) is 4.90 Å². The monoisotopic (exact) mass is 401 g/mol. The third-order valence-electron chi connectivity index (χ3n) is 5.02. The number of aromatic nitrogens is 3. The molecule has 0 aliphatic carbocycles. The van der Waals surface area contributed by atoms with Gasteiger partial charge in [0.05, 0.1) is 12.8 Å². The number of rotatable bonds is 9. The van der Waals surface area contributed by atoms with Gasteiger partial charge in [0.2, 0.25) is 5.95 Å². The van der Waals surface area contributed by atoms with Crippen molar-refractivity contribution >= 4 is 5.95 Å². The van der Waals surface area contributed by atoms with Crippen LogP contribution in [0.4, 0.5) is 5.95 Å². The van der Waals surface area contributed by atoms with Crippen LogP contribution in [-0.4, -0.2) is 70.9 Å². The van der Waals surface area contributed by atoms with Crippen molar-refractivity contribution in [1.82, 2.24) is 20.1 Å². The van der Waals surface area contributed by atoms with E-state index >= 15 is 0 Å². The van der Waals surface area contributed by atoms with E-state index in [1.54, 1.807) is 6.20 Å². The molecule has 29 heavy (non-hydrogen) atoms. The van der Waals surface area contributed by atoms with E-state index in [0.717, 1.165) is 48.4 Å². The quantitative estimate of drug-likeness (QED) is 0.489. The van der Waals surface area contributed by atoms with Gasteiger partial charge in [-0.15, -0.1) is 10.2 Å². The highest BCUT2D eigenvalue weighted by atomic mass is 16.7. The van der Waals surface area contributed by atoms with Crippen molar-refractivity contribution in [2.45, 2.75) is 39.7 Å². The number of piperidine rings is 1. The van der Waals surface area contributed by atoms with Gasteiger partial charge in [-0.25, -0.2) is 4.98 Å². The molecular formula is C21H31N5O3. The Hall–Kier alpha value is -2.29. The predicted octanol–water partition coefficient (Wildman–Crippen LogP) is 2.40. The Bertz CT molecular complexity index is 783. The van der Waals surface area contributed by atoms with Crippen molar-refractivity contribution in [1.29, 1.82) is 0 Å². The fourth-order valence-corrected chi connectivity index (χ4v) is 3.72. The normalized spacial score (nSPS) is 17.3. The van der Waals surface area contributed by atoms with Gasteiger partial charge in [0.15, 0.2) is 6.79 Å². The molecule has 8 heteroatoms. The molecule has 0 spiro atoms. The number of ether oxygens (including phenoxy) is 2. The summed E-state index contributed by atoms with van der Waals surface area (Å²) in [6, 6.07) is 4.33. The number of aliphatic hydroxyl groups excluding tert-OH is 1. The average molecular weight is 402 g/mol. The molecule has 3 rings (SSSR count). The van der Waals surface area contributed by atoms with E-state index < -0.39 is 0 Å². The van der Waals surface area contributed by atoms with Crippen molar-refractivity contribution in [3.05, 3.63) is 29.5 Å². The molecule has 2 heterocycles. The molecule has 0 saturated carbocycles. The molecule has 0 unspecified atom stereocenters. The highest BCUT2D eigenvalue weighted by Crippen LogP contribution is 2.33. The minimum Gasteiger partial charge on any atom is -0.467 e. The lowest BCUT2D eigenvalue weighted by atomic mass is 10.0. The maximum atomic E-state index is 9.15. The second-order valence-electron chi connectivity index (χ2n) is 7.38. The largest absolute Gasteiger partial charge is 0.467 e. The summed E-state index contributed by atoms with van der Waals surface area (Å²) in [6.07, 6.45) is 3.88. The van der Waals surface area contributed by atoms with E-state index in [2.05, 4.69) is 31.5 Å². The van der Waals surface area contributed by atoms with Crippen LogP contribution in [0.15, 0.2) is 18.3 Å². The highest BCUT2D eigenvalue weighted by Gasteiger charge is 2.20. The summed E-state index contributed by atoms with van der Waals surface area (Å²) in [5.41, 5.74) is 3.72. The van der Waals surface area contributed by atoms with Gasteiger partial charge >= 0.3 is 0 Å². The zero-order chi connectivity index (χ0) is 20.6. The lowest BCUT2D eigenvalue weighted by Crippen LogP contribution is -2.43. The van der Waals surface area contributed by atoms with E-state index in [1.165, 1.54) is 0 Å². The first-order valence-corrected chi connectivity index (χ1v) is 10.2. The van der Waals surface area contributed by atoms with Crippen LogP contribution in [0.5, 0.6) is 5.75 Å². The summed E-state index contributed by atoms with van der Waals surface area (Å²) in [7, 11) is 0. The fourth-order valence-electron chi connectivity index (χ4n) is 3.72. The Balaban J connectivity index is 1.73. The SMILES string of the molecule is CCOCOc1cc(C)cc(C)c1-c1cnc(N[C@@H]2CCCN(CCO)C2)nn1. The van der Waals surface area contributed by atoms with Crippen LogP contribution in [0.1, 0.15) is 30.9 Å². The molecule has 1 aromatic carbocycles. The zero-order valence-electron chi connectivity index (χ0n) is 17.5. The number of hydrogen-bond acceptors (Lipinski definition) is 8. The summed E-state index contributed by atoms with van der Waals surface area (Å²) in [5.74, 6) is 1.24. The van der Waals surface area contributed by atoms with E-state index in [1.807, 2.05) is 26.8 Å².